The first-order valence-electron chi connectivity index (χ1n) is 10.9. The van der Waals surface area contributed by atoms with Gasteiger partial charge in [-0.2, -0.15) is 0 Å². The summed E-state index contributed by atoms with van der Waals surface area (Å²) in [4.78, 5) is 27.5. The number of hydrogen-bond donors (Lipinski definition) is 2. The maximum absolute atomic E-state index is 15.1. The van der Waals surface area contributed by atoms with E-state index in [9.17, 15) is 14.0 Å². The van der Waals surface area contributed by atoms with Gasteiger partial charge in [-0.3, -0.25) is 19.8 Å². The van der Waals surface area contributed by atoms with Gasteiger partial charge in [-0.05, 0) is 49.8 Å². The number of imide groups is 1. The zero-order valence-electron chi connectivity index (χ0n) is 17.2. The van der Waals surface area contributed by atoms with E-state index in [4.69, 9.17) is 5.73 Å². The van der Waals surface area contributed by atoms with E-state index in [1.807, 2.05) is 4.90 Å². The van der Waals surface area contributed by atoms with Gasteiger partial charge in [-0.25, -0.2) is 8.78 Å². The van der Waals surface area contributed by atoms with E-state index in [2.05, 4.69) is 10.2 Å². The number of rotatable bonds is 4. The Morgan fingerprint density at radius 3 is 2.43 bits per heavy atom. The first kappa shape index (κ1) is 21.2. The summed E-state index contributed by atoms with van der Waals surface area (Å²) in [5.41, 5.74) is 5.83. The molecule has 1 aliphatic carbocycles. The highest BCUT2D eigenvalue weighted by atomic mass is 19.1. The van der Waals surface area contributed by atoms with Crippen molar-refractivity contribution in [3.63, 3.8) is 0 Å². The van der Waals surface area contributed by atoms with Gasteiger partial charge >= 0.3 is 0 Å². The number of alkyl halides is 1. The Balaban J connectivity index is 1.34. The second kappa shape index (κ2) is 8.59. The van der Waals surface area contributed by atoms with Gasteiger partial charge in [0.2, 0.25) is 11.8 Å². The van der Waals surface area contributed by atoms with Crippen LogP contribution in [-0.4, -0.2) is 61.1 Å². The summed E-state index contributed by atoms with van der Waals surface area (Å²) < 4.78 is 29.9. The van der Waals surface area contributed by atoms with Crippen LogP contribution >= 0.6 is 0 Å². The molecule has 0 spiro atoms. The molecule has 1 aromatic carbocycles. The van der Waals surface area contributed by atoms with Crippen molar-refractivity contribution in [3.05, 3.63) is 29.6 Å². The van der Waals surface area contributed by atoms with Crippen LogP contribution in [0.4, 0.5) is 14.5 Å². The molecule has 0 radical (unpaired) electrons. The molecule has 30 heavy (non-hydrogen) atoms. The van der Waals surface area contributed by atoms with Crippen LogP contribution in [-0.2, 0) is 9.59 Å². The summed E-state index contributed by atoms with van der Waals surface area (Å²) in [6, 6.07) is 5.01. The number of nitrogens with one attached hydrogen (secondary N) is 1. The summed E-state index contributed by atoms with van der Waals surface area (Å²) in [5.74, 6) is -1.51. The predicted molar refractivity (Wildman–Crippen MR) is 110 cm³/mol. The molecular weight excluding hydrogens is 390 g/mol. The predicted octanol–water partition coefficient (Wildman–Crippen LogP) is 2.08. The molecule has 1 aromatic rings. The average Bonchev–Trinajstić information content (AvgIpc) is 2.71. The Hall–Kier alpha value is -2.06. The van der Waals surface area contributed by atoms with Crippen LogP contribution in [0.25, 0.3) is 0 Å². The van der Waals surface area contributed by atoms with Crippen LogP contribution in [0.1, 0.15) is 50.0 Å². The number of piperazine rings is 1. The first-order chi connectivity index (χ1) is 14.3. The van der Waals surface area contributed by atoms with Crippen LogP contribution in [0.3, 0.4) is 0 Å². The van der Waals surface area contributed by atoms with E-state index in [-0.39, 0.29) is 30.1 Å². The maximum Gasteiger partial charge on any atom is 0.234 e. The SMILES string of the molecule is NC1CCC(F)(CN2CCN(c3ccc(C4CCC(=O)NC4=O)cc3F)CC2)CC1. The molecule has 1 unspecified atom stereocenters. The van der Waals surface area contributed by atoms with Crippen molar-refractivity contribution in [2.75, 3.05) is 37.6 Å². The van der Waals surface area contributed by atoms with Crippen LogP contribution in [0.15, 0.2) is 18.2 Å². The van der Waals surface area contributed by atoms with E-state index in [1.54, 1.807) is 12.1 Å². The van der Waals surface area contributed by atoms with Gasteiger partial charge in [0.05, 0.1) is 11.6 Å². The van der Waals surface area contributed by atoms with Gasteiger partial charge in [-0.15, -0.1) is 0 Å². The van der Waals surface area contributed by atoms with E-state index in [0.29, 0.717) is 63.2 Å². The highest BCUT2D eigenvalue weighted by Gasteiger charge is 2.37. The summed E-state index contributed by atoms with van der Waals surface area (Å²) in [5, 5.41) is 2.32. The first-order valence-corrected chi connectivity index (χ1v) is 10.9. The highest BCUT2D eigenvalue weighted by Crippen LogP contribution is 2.33. The normalized spacial score (nSPS) is 31.0. The van der Waals surface area contributed by atoms with Gasteiger partial charge in [-0.1, -0.05) is 6.07 Å². The minimum atomic E-state index is -1.16. The minimum Gasteiger partial charge on any atom is -0.367 e. The Morgan fingerprint density at radius 2 is 1.80 bits per heavy atom. The van der Waals surface area contributed by atoms with Crippen LogP contribution in [0.5, 0.6) is 0 Å². The van der Waals surface area contributed by atoms with Crippen molar-refractivity contribution in [3.8, 4) is 0 Å². The number of amides is 2. The third kappa shape index (κ3) is 4.64. The molecule has 4 rings (SSSR count). The fourth-order valence-corrected chi connectivity index (χ4v) is 4.87. The molecule has 2 heterocycles. The molecule has 8 heteroatoms. The number of carbonyl (C=O) groups excluding carboxylic acids is 2. The molecule has 3 aliphatic rings. The lowest BCUT2D eigenvalue weighted by Crippen LogP contribution is -2.52. The number of carbonyl (C=O) groups is 2. The quantitative estimate of drug-likeness (QED) is 0.730. The molecule has 2 amide bonds. The molecular formula is C22H30F2N4O2. The Kier molecular flexibility index (Phi) is 6.06. The topological polar surface area (TPSA) is 78.7 Å². The van der Waals surface area contributed by atoms with Crippen molar-refractivity contribution in [2.24, 2.45) is 5.73 Å². The number of halogens is 2. The zero-order valence-corrected chi connectivity index (χ0v) is 17.2. The van der Waals surface area contributed by atoms with Crippen molar-refractivity contribution in [1.82, 2.24) is 10.2 Å². The second-order valence-electron chi connectivity index (χ2n) is 8.97. The Labute approximate surface area is 175 Å². The summed E-state index contributed by atoms with van der Waals surface area (Å²) in [6.07, 6.45) is 3.18. The van der Waals surface area contributed by atoms with E-state index < -0.39 is 11.6 Å². The van der Waals surface area contributed by atoms with Crippen LogP contribution in [0, 0.1) is 5.82 Å². The molecule has 0 aromatic heterocycles. The van der Waals surface area contributed by atoms with Gasteiger partial charge in [0, 0.05) is 45.2 Å². The fraction of sp³-hybridized carbons (Fsp3) is 0.636. The molecule has 3 fully saturated rings. The van der Waals surface area contributed by atoms with Crippen molar-refractivity contribution >= 4 is 17.5 Å². The monoisotopic (exact) mass is 420 g/mol. The zero-order chi connectivity index (χ0) is 21.3. The largest absolute Gasteiger partial charge is 0.367 e. The Morgan fingerprint density at radius 1 is 1.10 bits per heavy atom. The van der Waals surface area contributed by atoms with Crippen molar-refractivity contribution in [2.45, 2.75) is 56.2 Å². The van der Waals surface area contributed by atoms with Gasteiger partial charge in [0.1, 0.15) is 11.5 Å². The third-order valence-corrected chi connectivity index (χ3v) is 6.76. The van der Waals surface area contributed by atoms with E-state index in [1.165, 1.54) is 6.07 Å². The van der Waals surface area contributed by atoms with Crippen molar-refractivity contribution < 1.29 is 18.4 Å². The molecule has 2 saturated heterocycles. The standard InChI is InChI=1S/C22H30F2N4O2/c23-18-13-15(17-2-4-20(29)26-21(17)30)1-3-19(18)28-11-9-27(10-12-28)14-22(24)7-5-16(25)6-8-22/h1,3,13,16-17H,2,4-12,14,25H2,(H,26,29,30). The Bertz CT molecular complexity index is 802. The molecule has 6 nitrogen and oxygen atoms in total. The average molecular weight is 421 g/mol. The number of anilines is 1. The molecule has 164 valence electrons. The molecule has 1 saturated carbocycles. The molecule has 0 bridgehead atoms. The number of benzene rings is 1. The smallest absolute Gasteiger partial charge is 0.234 e. The minimum absolute atomic E-state index is 0.122. The van der Waals surface area contributed by atoms with Gasteiger partial charge < -0.3 is 10.6 Å². The lowest BCUT2D eigenvalue weighted by molar-refractivity contribution is -0.134. The highest BCUT2D eigenvalue weighted by molar-refractivity contribution is 6.00. The molecule has 1 atom stereocenters. The van der Waals surface area contributed by atoms with Crippen LogP contribution < -0.4 is 16.0 Å². The number of nitrogens with zero attached hydrogens (tertiary/aromatic N) is 2. The summed E-state index contributed by atoms with van der Waals surface area (Å²) in [7, 11) is 0. The fourth-order valence-electron chi connectivity index (χ4n) is 4.87. The van der Waals surface area contributed by atoms with Gasteiger partial charge in [0.25, 0.3) is 0 Å². The van der Waals surface area contributed by atoms with Crippen molar-refractivity contribution in [1.29, 1.82) is 0 Å². The number of nitrogens with two attached hydrogens (primary N) is 1. The number of piperidine rings is 1. The second-order valence-corrected chi connectivity index (χ2v) is 8.97. The number of hydrogen-bond acceptors (Lipinski definition) is 5. The maximum atomic E-state index is 15.1. The van der Waals surface area contributed by atoms with Gasteiger partial charge in [0.15, 0.2) is 0 Å². The van der Waals surface area contributed by atoms with Crippen LogP contribution in [0.2, 0.25) is 0 Å². The molecule has 2 aliphatic heterocycles. The molecule has 3 N–H and O–H groups in total. The van der Waals surface area contributed by atoms with E-state index in [0.717, 1.165) is 12.8 Å². The van der Waals surface area contributed by atoms with E-state index >= 15 is 4.39 Å². The third-order valence-electron chi connectivity index (χ3n) is 6.76. The lowest BCUT2D eigenvalue weighted by Gasteiger charge is -2.41. The summed E-state index contributed by atoms with van der Waals surface area (Å²) >= 11 is 0. The summed E-state index contributed by atoms with van der Waals surface area (Å²) in [6.45, 7) is 3.05. The lowest BCUT2D eigenvalue weighted by atomic mass is 9.83.